The monoisotopic (exact) mass is 401 g/mol. The normalized spacial score (nSPS) is 10.8. The Balaban J connectivity index is 1.48. The van der Waals surface area contributed by atoms with Crippen molar-refractivity contribution in [2.45, 2.75) is 20.4 Å². The zero-order valence-corrected chi connectivity index (χ0v) is 17.1. The lowest BCUT2D eigenvalue weighted by molar-refractivity contribution is 0.0946. The van der Waals surface area contributed by atoms with Gasteiger partial charge in [-0.05, 0) is 44.2 Å². The summed E-state index contributed by atoms with van der Waals surface area (Å²) < 4.78 is 7.15. The topological polar surface area (TPSA) is 84.8 Å². The highest BCUT2D eigenvalue weighted by Gasteiger charge is 2.16. The van der Waals surface area contributed by atoms with E-state index in [-0.39, 0.29) is 5.91 Å². The van der Waals surface area contributed by atoms with Crippen LogP contribution in [0.25, 0.3) is 16.9 Å². The number of aryl methyl sites for hydroxylation is 1. The zero-order chi connectivity index (χ0) is 21.1. The van der Waals surface area contributed by atoms with Gasteiger partial charge in [0.1, 0.15) is 11.4 Å². The molecule has 1 amide bonds. The summed E-state index contributed by atoms with van der Waals surface area (Å²) in [5.41, 5.74) is 5.84. The first kappa shape index (κ1) is 19.4. The van der Waals surface area contributed by atoms with Crippen LogP contribution in [-0.4, -0.2) is 33.0 Å². The van der Waals surface area contributed by atoms with Gasteiger partial charge < -0.3 is 10.1 Å². The highest BCUT2D eigenvalue weighted by molar-refractivity contribution is 5.93. The van der Waals surface area contributed by atoms with Crippen molar-refractivity contribution in [1.82, 2.24) is 25.3 Å². The number of ether oxygens (including phenoxy) is 1. The van der Waals surface area contributed by atoms with Crippen molar-refractivity contribution in [1.29, 1.82) is 0 Å². The second-order valence-corrected chi connectivity index (χ2v) is 6.98. The van der Waals surface area contributed by atoms with Gasteiger partial charge >= 0.3 is 0 Å². The molecule has 0 aliphatic rings. The minimum absolute atomic E-state index is 0.220. The van der Waals surface area contributed by atoms with E-state index in [9.17, 15) is 4.79 Å². The Kier molecular flexibility index (Phi) is 5.34. The van der Waals surface area contributed by atoms with Crippen LogP contribution < -0.4 is 10.1 Å². The molecule has 4 rings (SSSR count). The van der Waals surface area contributed by atoms with E-state index < -0.39 is 0 Å². The van der Waals surface area contributed by atoms with E-state index >= 15 is 0 Å². The van der Waals surface area contributed by atoms with E-state index in [1.165, 1.54) is 0 Å². The third-order valence-electron chi connectivity index (χ3n) is 5.06. The first-order valence-electron chi connectivity index (χ1n) is 9.65. The largest absolute Gasteiger partial charge is 0.497 e. The molecule has 2 aromatic heterocycles. The standard InChI is InChI=1S/C23H23N5O2/c1-15-20(16(2)28(27-15)18-9-5-4-6-10-18)14-24-23(29)22-13-21(25-26-22)17-8-7-11-19(12-17)30-3/h4-13H,14H2,1-3H3,(H,24,29)(H,25,26). The molecule has 4 aromatic rings. The summed E-state index contributed by atoms with van der Waals surface area (Å²) in [5, 5.41) is 14.7. The lowest BCUT2D eigenvalue weighted by Gasteiger charge is -2.06. The lowest BCUT2D eigenvalue weighted by Crippen LogP contribution is -2.23. The fourth-order valence-corrected chi connectivity index (χ4v) is 3.38. The summed E-state index contributed by atoms with van der Waals surface area (Å²) in [7, 11) is 1.62. The highest BCUT2D eigenvalue weighted by atomic mass is 16.5. The fourth-order valence-electron chi connectivity index (χ4n) is 3.38. The molecule has 0 aliphatic carbocycles. The van der Waals surface area contributed by atoms with Gasteiger partial charge in [0, 0.05) is 23.4 Å². The van der Waals surface area contributed by atoms with E-state index in [0.717, 1.165) is 34.0 Å². The molecule has 2 heterocycles. The summed E-state index contributed by atoms with van der Waals surface area (Å²) in [6, 6.07) is 19.2. The Bertz CT molecular complexity index is 1180. The maximum atomic E-state index is 12.7. The molecule has 152 valence electrons. The maximum absolute atomic E-state index is 12.7. The number of nitrogens with one attached hydrogen (secondary N) is 2. The van der Waals surface area contributed by atoms with Crippen LogP contribution in [0.1, 0.15) is 27.4 Å². The Morgan fingerprint density at radius 3 is 2.67 bits per heavy atom. The number of nitrogens with zero attached hydrogens (tertiary/aromatic N) is 3. The SMILES string of the molecule is COc1cccc(-c2cc(C(=O)NCc3c(C)nn(-c4ccccc4)c3C)[nH]n2)c1. The zero-order valence-electron chi connectivity index (χ0n) is 17.1. The van der Waals surface area contributed by atoms with E-state index in [1.807, 2.05) is 73.1 Å². The summed E-state index contributed by atoms with van der Waals surface area (Å²) in [4.78, 5) is 12.7. The molecule has 0 saturated carbocycles. The summed E-state index contributed by atoms with van der Waals surface area (Å²) in [5.74, 6) is 0.519. The Labute approximate surface area is 174 Å². The Morgan fingerprint density at radius 2 is 1.90 bits per heavy atom. The van der Waals surface area contributed by atoms with Crippen LogP contribution in [0.5, 0.6) is 5.75 Å². The van der Waals surface area contributed by atoms with Gasteiger partial charge in [0.25, 0.3) is 5.91 Å². The smallest absolute Gasteiger partial charge is 0.269 e. The molecule has 0 saturated heterocycles. The van der Waals surface area contributed by atoms with Crippen molar-refractivity contribution in [2.24, 2.45) is 0 Å². The van der Waals surface area contributed by atoms with Crippen LogP contribution in [0.4, 0.5) is 0 Å². The van der Waals surface area contributed by atoms with Crippen molar-refractivity contribution in [3.8, 4) is 22.7 Å². The molecule has 2 N–H and O–H groups in total. The second-order valence-electron chi connectivity index (χ2n) is 6.98. The minimum atomic E-state index is -0.220. The van der Waals surface area contributed by atoms with Crippen molar-refractivity contribution in [3.05, 3.63) is 83.3 Å². The third kappa shape index (κ3) is 3.82. The number of para-hydroxylation sites is 1. The number of H-pyrrole nitrogens is 1. The van der Waals surface area contributed by atoms with Gasteiger partial charge in [-0.1, -0.05) is 30.3 Å². The Morgan fingerprint density at radius 1 is 1.10 bits per heavy atom. The van der Waals surface area contributed by atoms with Crippen LogP contribution >= 0.6 is 0 Å². The first-order chi connectivity index (χ1) is 14.6. The number of amides is 1. The van der Waals surface area contributed by atoms with Crippen molar-refractivity contribution in [2.75, 3.05) is 7.11 Å². The van der Waals surface area contributed by atoms with Crippen molar-refractivity contribution >= 4 is 5.91 Å². The van der Waals surface area contributed by atoms with Crippen LogP contribution in [-0.2, 0) is 6.54 Å². The quantitative estimate of drug-likeness (QED) is 0.514. The number of rotatable bonds is 6. The lowest BCUT2D eigenvalue weighted by atomic mass is 10.1. The number of aromatic amines is 1. The van der Waals surface area contributed by atoms with Crippen molar-refractivity contribution in [3.63, 3.8) is 0 Å². The summed E-state index contributed by atoms with van der Waals surface area (Å²) in [6.07, 6.45) is 0. The third-order valence-corrected chi connectivity index (χ3v) is 5.06. The second kappa shape index (κ2) is 8.24. The van der Waals surface area contributed by atoms with Gasteiger partial charge in [-0.25, -0.2) is 4.68 Å². The number of carbonyl (C=O) groups is 1. The molecule has 0 radical (unpaired) electrons. The highest BCUT2D eigenvalue weighted by Crippen LogP contribution is 2.23. The minimum Gasteiger partial charge on any atom is -0.497 e. The molecular weight excluding hydrogens is 378 g/mol. The molecule has 0 bridgehead atoms. The van der Waals surface area contributed by atoms with Gasteiger partial charge in [-0.15, -0.1) is 0 Å². The average molecular weight is 401 g/mol. The number of aromatic nitrogens is 4. The molecule has 7 nitrogen and oxygen atoms in total. The van der Waals surface area contributed by atoms with Gasteiger partial charge in [0.15, 0.2) is 0 Å². The molecular formula is C23H23N5O2. The number of carbonyl (C=O) groups excluding carboxylic acids is 1. The van der Waals surface area contributed by atoms with Crippen LogP contribution in [0, 0.1) is 13.8 Å². The van der Waals surface area contributed by atoms with Gasteiger partial charge in [-0.3, -0.25) is 9.89 Å². The molecule has 30 heavy (non-hydrogen) atoms. The van der Waals surface area contributed by atoms with E-state index in [1.54, 1.807) is 13.2 Å². The van der Waals surface area contributed by atoms with Gasteiger partial charge in [0.2, 0.25) is 0 Å². The molecule has 0 fully saturated rings. The van der Waals surface area contributed by atoms with Gasteiger partial charge in [-0.2, -0.15) is 10.2 Å². The molecule has 0 aliphatic heterocycles. The molecule has 2 aromatic carbocycles. The first-order valence-corrected chi connectivity index (χ1v) is 9.65. The molecule has 0 atom stereocenters. The maximum Gasteiger partial charge on any atom is 0.269 e. The number of hydrogen-bond donors (Lipinski definition) is 2. The Hall–Kier alpha value is -3.87. The number of hydrogen-bond acceptors (Lipinski definition) is 4. The number of methoxy groups -OCH3 is 1. The van der Waals surface area contributed by atoms with Crippen molar-refractivity contribution < 1.29 is 9.53 Å². The van der Waals surface area contributed by atoms with Crippen LogP contribution in [0.2, 0.25) is 0 Å². The van der Waals surface area contributed by atoms with E-state index in [4.69, 9.17) is 4.74 Å². The molecule has 0 unspecified atom stereocenters. The average Bonchev–Trinajstić information content (AvgIpc) is 3.38. The predicted molar refractivity (Wildman–Crippen MR) is 115 cm³/mol. The summed E-state index contributed by atoms with van der Waals surface area (Å²) in [6.45, 7) is 4.34. The molecule has 7 heteroatoms. The van der Waals surface area contributed by atoms with E-state index in [2.05, 4.69) is 20.6 Å². The van der Waals surface area contributed by atoms with Crippen LogP contribution in [0.3, 0.4) is 0 Å². The predicted octanol–water partition coefficient (Wildman–Crippen LogP) is 3.82. The van der Waals surface area contributed by atoms with Gasteiger partial charge in [0.05, 0.1) is 24.2 Å². The van der Waals surface area contributed by atoms with E-state index in [0.29, 0.717) is 17.9 Å². The van der Waals surface area contributed by atoms with Crippen LogP contribution in [0.15, 0.2) is 60.7 Å². The summed E-state index contributed by atoms with van der Waals surface area (Å²) >= 11 is 0. The fraction of sp³-hybridized carbons (Fsp3) is 0.174. The molecule has 0 spiro atoms. The number of benzene rings is 2.